The standard InChI is InChI=1S/C93H154O16P2/c1-4-7-10-13-16-19-22-25-28-31-34-36-38-39-40-41-42-43-44-45-46-47-49-51-53-55-58-61-64-67-70-73-76-79-91(96)103-82-88(94)83-105-110(99,100)106-84-89(95)85-107-111(101,102)108-87-90(109-93(98)81-78-75-72-69-66-63-60-57-52-33-30-27-24-21-18-15-12-9-6-3)86-104-92(97)80-77-74-71-68-65-62-59-56-54-50-48-37-35-32-29-26-23-20-17-14-11-8-5-2/h8-9,11-12,16-21,25-30,34-37,39-40,50,52,54,57,63,66,72,75,88-90,94-95H,4-7,10,13-15,22-24,31-33,38,41-49,51,53,55-56,58-62,64-65,67-71,73-74,76-87H2,1-3H3,(H,99,100)(H,101,102)/b11-8-,12-9-,19-16-,20-17-,21-18-,28-25-,29-26-,30-27-,36-34-,37-35-,40-39-,54-50-,57-52-,66-63-,75-72-. The van der Waals surface area contributed by atoms with Crippen LogP contribution in [0.3, 0.4) is 0 Å². The Morgan fingerprint density at radius 2 is 0.495 bits per heavy atom. The Bertz CT molecular complexity index is 2750. The van der Waals surface area contributed by atoms with E-state index in [-0.39, 0.29) is 19.3 Å². The third kappa shape index (κ3) is 85.4. The van der Waals surface area contributed by atoms with Gasteiger partial charge in [-0.15, -0.1) is 0 Å². The molecule has 0 spiro atoms. The summed E-state index contributed by atoms with van der Waals surface area (Å²) in [4.78, 5) is 58.8. The minimum atomic E-state index is -4.97. The van der Waals surface area contributed by atoms with Crippen LogP contribution < -0.4 is 0 Å². The normalized spacial score (nSPS) is 14.8. The zero-order valence-corrected chi connectivity index (χ0v) is 71.1. The third-order valence-corrected chi connectivity index (χ3v) is 19.5. The van der Waals surface area contributed by atoms with Crippen molar-refractivity contribution in [3.05, 3.63) is 182 Å². The van der Waals surface area contributed by atoms with Gasteiger partial charge < -0.3 is 34.2 Å². The Kier molecular flexibility index (Phi) is 80.0. The SMILES string of the molecule is CC/C=C\C/C=C\C/C=C\C/C=C\C/C=C\C/C=C\CCC(=O)OC(COC(=O)CCCCCCCCC/C=C\C/C=C\C/C=C\C/C=C\C/C=C\CC)COP(=O)(O)OCC(O)COP(=O)(O)OCC(O)COC(=O)CCCCCCCCCCCCCCCCCCC/C=C\C/C=C\C/C=C\C/C=C\CCCCC. The summed E-state index contributed by atoms with van der Waals surface area (Å²) in [6.07, 6.45) is 110. The van der Waals surface area contributed by atoms with Gasteiger partial charge >= 0.3 is 33.6 Å². The molecule has 18 heteroatoms. The molecule has 5 atom stereocenters. The van der Waals surface area contributed by atoms with Crippen molar-refractivity contribution in [1.29, 1.82) is 0 Å². The molecule has 0 aromatic heterocycles. The predicted molar refractivity (Wildman–Crippen MR) is 463 cm³/mol. The molecule has 0 aliphatic heterocycles. The first kappa shape index (κ1) is 106. The highest BCUT2D eigenvalue weighted by Gasteiger charge is 2.29. The number of phosphoric ester groups is 2. The van der Waals surface area contributed by atoms with E-state index in [0.29, 0.717) is 25.7 Å². The number of carbonyl (C=O) groups excluding carboxylic acids is 3. The molecule has 0 rings (SSSR count). The van der Waals surface area contributed by atoms with Crippen LogP contribution in [0.1, 0.15) is 329 Å². The quantitative estimate of drug-likeness (QED) is 0.0146. The van der Waals surface area contributed by atoms with Crippen LogP contribution in [-0.2, 0) is 55.8 Å². The first-order valence-electron chi connectivity index (χ1n) is 43.1. The van der Waals surface area contributed by atoms with Crippen molar-refractivity contribution in [3.8, 4) is 0 Å². The Balaban J connectivity index is 4.58. The highest BCUT2D eigenvalue weighted by atomic mass is 31.2. The van der Waals surface area contributed by atoms with E-state index >= 15 is 0 Å². The Labute approximate surface area is 675 Å². The Hall–Kier alpha value is -5.35. The van der Waals surface area contributed by atoms with Gasteiger partial charge in [-0.1, -0.05) is 344 Å². The van der Waals surface area contributed by atoms with E-state index in [1.165, 1.54) is 116 Å². The molecule has 16 nitrogen and oxygen atoms in total. The van der Waals surface area contributed by atoms with Crippen LogP contribution in [0.15, 0.2) is 182 Å². The molecule has 0 heterocycles. The summed E-state index contributed by atoms with van der Waals surface area (Å²) in [5.74, 6) is -1.69. The molecule has 0 bridgehead atoms. The molecular weight excluding hydrogens is 1430 g/mol. The van der Waals surface area contributed by atoms with Crippen LogP contribution in [0.25, 0.3) is 0 Å². The molecule has 632 valence electrons. The number of unbranched alkanes of at least 4 members (excludes halogenated alkanes) is 27. The summed E-state index contributed by atoms with van der Waals surface area (Å²) in [6.45, 7) is 2.33. The summed E-state index contributed by atoms with van der Waals surface area (Å²) >= 11 is 0. The van der Waals surface area contributed by atoms with Gasteiger partial charge in [-0.25, -0.2) is 9.13 Å². The van der Waals surface area contributed by atoms with Gasteiger partial charge in [0.1, 0.15) is 25.4 Å². The Morgan fingerprint density at radius 1 is 0.261 bits per heavy atom. The molecule has 0 amide bonds. The minimum Gasteiger partial charge on any atom is -0.463 e. The van der Waals surface area contributed by atoms with Crippen LogP contribution in [-0.4, -0.2) is 95.9 Å². The highest BCUT2D eigenvalue weighted by Crippen LogP contribution is 2.45. The van der Waals surface area contributed by atoms with Crippen LogP contribution in [0, 0.1) is 0 Å². The van der Waals surface area contributed by atoms with Crippen molar-refractivity contribution in [1.82, 2.24) is 0 Å². The fourth-order valence-corrected chi connectivity index (χ4v) is 12.7. The molecule has 4 N–H and O–H groups in total. The summed E-state index contributed by atoms with van der Waals surface area (Å²) in [6, 6.07) is 0. The second-order valence-corrected chi connectivity index (χ2v) is 31.1. The van der Waals surface area contributed by atoms with Gasteiger partial charge in [-0.3, -0.25) is 32.5 Å². The van der Waals surface area contributed by atoms with E-state index in [0.717, 1.165) is 148 Å². The van der Waals surface area contributed by atoms with Gasteiger partial charge in [0.05, 0.1) is 26.4 Å². The van der Waals surface area contributed by atoms with Crippen LogP contribution in [0.5, 0.6) is 0 Å². The van der Waals surface area contributed by atoms with E-state index < -0.39 is 91.5 Å². The first-order valence-corrected chi connectivity index (χ1v) is 46.1. The number of phosphoric acid groups is 2. The molecule has 0 fully saturated rings. The molecule has 0 radical (unpaired) electrons. The summed E-state index contributed by atoms with van der Waals surface area (Å²) in [5.41, 5.74) is 0. The van der Waals surface area contributed by atoms with E-state index in [4.69, 9.17) is 32.3 Å². The van der Waals surface area contributed by atoms with E-state index in [9.17, 15) is 43.5 Å². The molecule has 0 saturated heterocycles. The van der Waals surface area contributed by atoms with Gasteiger partial charge in [0.2, 0.25) is 0 Å². The summed E-state index contributed by atoms with van der Waals surface area (Å²) in [5, 5.41) is 20.7. The lowest BCUT2D eigenvalue weighted by Gasteiger charge is -2.21. The fraction of sp³-hybridized carbons (Fsp3) is 0.645. The number of hydrogen-bond donors (Lipinski definition) is 4. The third-order valence-electron chi connectivity index (χ3n) is 17.6. The number of aliphatic hydroxyl groups is 2. The average molecular weight is 1590 g/mol. The zero-order chi connectivity index (χ0) is 80.8. The lowest BCUT2D eigenvalue weighted by atomic mass is 10.0. The number of aliphatic hydroxyl groups excluding tert-OH is 2. The summed E-state index contributed by atoms with van der Waals surface area (Å²) < 4.78 is 61.2. The van der Waals surface area contributed by atoms with Crippen molar-refractivity contribution < 1.29 is 75.8 Å². The van der Waals surface area contributed by atoms with Gasteiger partial charge in [0.25, 0.3) is 0 Å². The highest BCUT2D eigenvalue weighted by molar-refractivity contribution is 7.47. The maximum absolute atomic E-state index is 13.0. The van der Waals surface area contributed by atoms with Crippen LogP contribution >= 0.6 is 15.6 Å². The Morgan fingerprint density at radius 3 is 0.793 bits per heavy atom. The van der Waals surface area contributed by atoms with E-state index in [1.54, 1.807) is 0 Å². The van der Waals surface area contributed by atoms with Crippen molar-refractivity contribution in [2.45, 2.75) is 347 Å². The number of carbonyl (C=O) groups is 3. The molecule has 0 aliphatic rings. The smallest absolute Gasteiger partial charge is 0.463 e. The zero-order valence-electron chi connectivity index (χ0n) is 69.3. The number of esters is 3. The molecule has 0 aliphatic carbocycles. The van der Waals surface area contributed by atoms with Gasteiger partial charge in [-0.2, -0.15) is 0 Å². The molecule has 0 aromatic carbocycles. The second-order valence-electron chi connectivity index (χ2n) is 28.2. The number of hydrogen-bond acceptors (Lipinski definition) is 14. The monoisotopic (exact) mass is 1590 g/mol. The molecule has 0 aromatic rings. The lowest BCUT2D eigenvalue weighted by molar-refractivity contribution is -0.161. The summed E-state index contributed by atoms with van der Waals surface area (Å²) in [7, 11) is -9.84. The maximum atomic E-state index is 13.0. The largest absolute Gasteiger partial charge is 0.472 e. The number of rotatable bonds is 80. The van der Waals surface area contributed by atoms with Crippen LogP contribution in [0.2, 0.25) is 0 Å². The van der Waals surface area contributed by atoms with Gasteiger partial charge in [0, 0.05) is 19.3 Å². The molecule has 111 heavy (non-hydrogen) atoms. The van der Waals surface area contributed by atoms with Gasteiger partial charge in [-0.05, 0) is 148 Å². The fourth-order valence-electron chi connectivity index (χ4n) is 11.1. The lowest BCUT2D eigenvalue weighted by Crippen LogP contribution is -2.29. The number of ether oxygens (including phenoxy) is 3. The average Bonchev–Trinajstić information content (AvgIpc) is 0.582. The minimum absolute atomic E-state index is 0.0297. The van der Waals surface area contributed by atoms with Gasteiger partial charge in [0.15, 0.2) is 6.10 Å². The van der Waals surface area contributed by atoms with Crippen molar-refractivity contribution >= 4 is 33.6 Å². The van der Waals surface area contributed by atoms with Crippen molar-refractivity contribution in [2.24, 2.45) is 0 Å². The molecular formula is C93H154O16P2. The molecule has 0 saturated carbocycles. The van der Waals surface area contributed by atoms with E-state index in [2.05, 4.69) is 185 Å². The second kappa shape index (κ2) is 84.1. The maximum Gasteiger partial charge on any atom is 0.472 e. The van der Waals surface area contributed by atoms with Crippen LogP contribution in [0.4, 0.5) is 0 Å². The molecule has 5 unspecified atom stereocenters. The topological polar surface area (TPSA) is 231 Å². The predicted octanol–water partition coefficient (Wildman–Crippen LogP) is 26.1. The van der Waals surface area contributed by atoms with E-state index in [1.807, 2.05) is 18.2 Å². The number of allylic oxidation sites excluding steroid dienone is 30. The van der Waals surface area contributed by atoms with Crippen molar-refractivity contribution in [2.75, 3.05) is 39.6 Å². The first-order chi connectivity index (χ1) is 54.2. The van der Waals surface area contributed by atoms with Crippen molar-refractivity contribution in [3.63, 3.8) is 0 Å².